The van der Waals surface area contributed by atoms with Crippen LogP contribution >= 0.6 is 0 Å². The lowest BCUT2D eigenvalue weighted by atomic mass is 10.2. The van der Waals surface area contributed by atoms with E-state index in [1.165, 1.54) is 24.3 Å². The van der Waals surface area contributed by atoms with Crippen LogP contribution in [0.1, 0.15) is 5.56 Å². The number of primary sulfonamides is 1. The van der Waals surface area contributed by atoms with E-state index in [9.17, 15) is 16.8 Å². The Balaban J connectivity index is 2.21. The van der Waals surface area contributed by atoms with Crippen molar-refractivity contribution in [3.05, 3.63) is 65.6 Å². The summed E-state index contributed by atoms with van der Waals surface area (Å²) in [5.41, 5.74) is 0.843. The van der Waals surface area contributed by atoms with Crippen LogP contribution in [0.5, 0.6) is 0 Å². The number of anilines is 1. The summed E-state index contributed by atoms with van der Waals surface area (Å²) in [5, 5.41) is 6.01. The van der Waals surface area contributed by atoms with Gasteiger partial charge in [-0.15, -0.1) is 0 Å². The largest absolute Gasteiger partial charge is 0.280 e. The number of nitrogens with two attached hydrogens (primary N) is 1. The first-order valence-electron chi connectivity index (χ1n) is 6.15. The van der Waals surface area contributed by atoms with E-state index in [-0.39, 0.29) is 10.6 Å². The van der Waals surface area contributed by atoms with Crippen molar-refractivity contribution in [3.63, 3.8) is 0 Å². The average Bonchev–Trinajstić information content (AvgIpc) is 2.45. The van der Waals surface area contributed by atoms with Gasteiger partial charge in [-0.05, 0) is 29.8 Å². The normalized spacial score (nSPS) is 12.4. The number of hydrogen-bond donors (Lipinski definition) is 2. The van der Waals surface area contributed by atoms with Gasteiger partial charge in [-0.3, -0.25) is 4.72 Å². The highest BCUT2D eigenvalue weighted by Crippen LogP contribution is 2.16. The molecule has 0 saturated heterocycles. The maximum Gasteiger partial charge on any atom is 0.255 e. The fraction of sp³-hybridized carbons (Fsp3) is 0. The van der Waals surface area contributed by atoms with E-state index >= 15 is 0 Å². The van der Waals surface area contributed by atoms with Gasteiger partial charge in [-0.2, -0.15) is 0 Å². The third-order valence-electron chi connectivity index (χ3n) is 2.66. The quantitative estimate of drug-likeness (QED) is 0.866. The number of rotatable bonds is 5. The van der Waals surface area contributed by atoms with Gasteiger partial charge in [0.05, 0.1) is 16.0 Å². The molecule has 0 aliphatic heterocycles. The van der Waals surface area contributed by atoms with Gasteiger partial charge in [0.15, 0.2) is 0 Å². The van der Waals surface area contributed by atoms with Crippen molar-refractivity contribution in [1.82, 2.24) is 0 Å². The Morgan fingerprint density at radius 2 is 1.59 bits per heavy atom. The molecule has 2 aromatic carbocycles. The molecular weight excluding hydrogens is 324 g/mol. The van der Waals surface area contributed by atoms with E-state index in [0.29, 0.717) is 0 Å². The van der Waals surface area contributed by atoms with Crippen LogP contribution in [0.15, 0.2) is 64.9 Å². The molecule has 0 saturated carbocycles. The monoisotopic (exact) mass is 338 g/mol. The maximum absolute atomic E-state index is 12.0. The fourth-order valence-electron chi connectivity index (χ4n) is 1.67. The molecule has 0 aromatic heterocycles. The standard InChI is InChI=1S/C14H14N2O4S2/c15-22(19,20)14-8-4-7-13(11-14)16-21(17,18)10-9-12-5-2-1-3-6-12/h1-11,16H,(H2,15,19,20)/b10-9+. The van der Waals surface area contributed by atoms with Crippen molar-refractivity contribution in [2.75, 3.05) is 4.72 Å². The highest BCUT2D eigenvalue weighted by atomic mass is 32.2. The molecule has 0 radical (unpaired) electrons. The molecule has 0 aliphatic rings. The molecular formula is C14H14N2O4S2. The highest BCUT2D eigenvalue weighted by Gasteiger charge is 2.10. The molecule has 2 rings (SSSR count). The minimum absolute atomic E-state index is 0.115. The van der Waals surface area contributed by atoms with Crippen LogP contribution in [0.2, 0.25) is 0 Å². The van der Waals surface area contributed by atoms with Crippen molar-refractivity contribution < 1.29 is 16.8 Å². The second-order valence-electron chi connectivity index (χ2n) is 4.43. The predicted octanol–water partition coefficient (Wildman–Crippen LogP) is 1.75. The van der Waals surface area contributed by atoms with Gasteiger partial charge >= 0.3 is 0 Å². The molecule has 22 heavy (non-hydrogen) atoms. The van der Waals surface area contributed by atoms with Crippen molar-refractivity contribution in [2.45, 2.75) is 4.90 Å². The van der Waals surface area contributed by atoms with Gasteiger partial charge in [0.1, 0.15) is 0 Å². The van der Waals surface area contributed by atoms with Gasteiger partial charge in [0.25, 0.3) is 10.0 Å². The first-order chi connectivity index (χ1) is 10.3. The molecule has 8 heteroatoms. The number of hydrogen-bond acceptors (Lipinski definition) is 4. The molecule has 0 aliphatic carbocycles. The van der Waals surface area contributed by atoms with Crippen LogP contribution in [0.25, 0.3) is 6.08 Å². The molecule has 0 spiro atoms. The molecule has 0 atom stereocenters. The van der Waals surface area contributed by atoms with Crippen molar-refractivity contribution >= 4 is 31.8 Å². The second kappa shape index (κ2) is 6.30. The van der Waals surface area contributed by atoms with Gasteiger partial charge in [0, 0.05) is 0 Å². The second-order valence-corrected chi connectivity index (χ2v) is 7.56. The summed E-state index contributed by atoms with van der Waals surface area (Å²) in [4.78, 5) is -0.167. The highest BCUT2D eigenvalue weighted by molar-refractivity contribution is 7.95. The summed E-state index contributed by atoms with van der Waals surface area (Å²) in [6.45, 7) is 0. The summed E-state index contributed by atoms with van der Waals surface area (Å²) in [5.74, 6) is 0. The molecule has 0 amide bonds. The summed E-state index contributed by atoms with van der Waals surface area (Å²) < 4.78 is 48.7. The topological polar surface area (TPSA) is 106 Å². The SMILES string of the molecule is NS(=O)(=O)c1cccc(NS(=O)(=O)/C=C/c2ccccc2)c1. The summed E-state index contributed by atoms with van der Waals surface area (Å²) in [6.07, 6.45) is 1.44. The summed E-state index contributed by atoms with van der Waals surface area (Å²) in [7, 11) is -7.65. The Morgan fingerprint density at radius 3 is 2.23 bits per heavy atom. The third-order valence-corrected chi connectivity index (χ3v) is 4.59. The Labute approximate surface area is 129 Å². The van der Waals surface area contributed by atoms with E-state index in [2.05, 4.69) is 4.72 Å². The lowest BCUT2D eigenvalue weighted by molar-refractivity contribution is 0.597. The Hall–Kier alpha value is -2.16. The van der Waals surface area contributed by atoms with Crippen LogP contribution in [0.3, 0.4) is 0 Å². The predicted molar refractivity (Wildman–Crippen MR) is 85.8 cm³/mol. The molecule has 6 nitrogen and oxygen atoms in total. The van der Waals surface area contributed by atoms with Crippen molar-refractivity contribution in [1.29, 1.82) is 0 Å². The van der Waals surface area contributed by atoms with Gasteiger partial charge in [-0.25, -0.2) is 22.0 Å². The summed E-state index contributed by atoms with van der Waals surface area (Å²) >= 11 is 0. The first kappa shape index (κ1) is 16.2. The van der Waals surface area contributed by atoms with Crippen LogP contribution in [-0.4, -0.2) is 16.8 Å². The number of nitrogens with one attached hydrogen (secondary N) is 1. The fourth-order valence-corrected chi connectivity index (χ4v) is 3.09. The van der Waals surface area contributed by atoms with Gasteiger partial charge in [0.2, 0.25) is 10.0 Å². The summed E-state index contributed by atoms with van der Waals surface area (Å²) in [6, 6.07) is 14.2. The van der Waals surface area contributed by atoms with E-state index < -0.39 is 20.0 Å². The first-order valence-corrected chi connectivity index (χ1v) is 9.24. The lowest BCUT2D eigenvalue weighted by Gasteiger charge is -2.06. The van der Waals surface area contributed by atoms with Crippen LogP contribution in [0.4, 0.5) is 5.69 Å². The Kier molecular flexibility index (Phi) is 4.65. The van der Waals surface area contributed by atoms with E-state index in [4.69, 9.17) is 5.14 Å². The van der Waals surface area contributed by atoms with Crippen LogP contribution in [-0.2, 0) is 20.0 Å². The van der Waals surface area contributed by atoms with Crippen LogP contribution < -0.4 is 9.86 Å². The van der Waals surface area contributed by atoms with Crippen molar-refractivity contribution in [2.24, 2.45) is 5.14 Å². The van der Waals surface area contributed by atoms with E-state index in [0.717, 1.165) is 17.0 Å². The zero-order valence-corrected chi connectivity index (χ0v) is 13.0. The van der Waals surface area contributed by atoms with E-state index in [1.54, 1.807) is 24.3 Å². The molecule has 0 unspecified atom stereocenters. The molecule has 2 aromatic rings. The van der Waals surface area contributed by atoms with Gasteiger partial charge < -0.3 is 0 Å². The Bertz CT molecular complexity index is 889. The van der Waals surface area contributed by atoms with Crippen LogP contribution in [0, 0.1) is 0 Å². The zero-order chi connectivity index (χ0) is 16.2. The molecule has 0 fully saturated rings. The molecule has 116 valence electrons. The van der Waals surface area contributed by atoms with Gasteiger partial charge in [-0.1, -0.05) is 36.4 Å². The molecule has 0 heterocycles. The molecule has 3 N–H and O–H groups in total. The third kappa shape index (κ3) is 4.69. The van der Waals surface area contributed by atoms with Crippen molar-refractivity contribution in [3.8, 4) is 0 Å². The molecule has 0 bridgehead atoms. The average molecular weight is 338 g/mol. The zero-order valence-electron chi connectivity index (χ0n) is 11.4. The number of benzene rings is 2. The minimum Gasteiger partial charge on any atom is -0.280 e. The lowest BCUT2D eigenvalue weighted by Crippen LogP contribution is -2.13. The maximum atomic E-state index is 12.0. The minimum atomic E-state index is -3.89. The number of sulfonamides is 2. The smallest absolute Gasteiger partial charge is 0.255 e. The van der Waals surface area contributed by atoms with E-state index in [1.807, 2.05) is 6.07 Å². The Morgan fingerprint density at radius 1 is 0.909 bits per heavy atom.